The first-order chi connectivity index (χ1) is 8.47. The fourth-order valence-electron chi connectivity index (χ4n) is 1.70. The number of benzene rings is 1. The van der Waals surface area contributed by atoms with Gasteiger partial charge in [-0.2, -0.15) is 5.10 Å². The fraction of sp³-hybridized carbons (Fsp3) is 0.231. The van der Waals surface area contributed by atoms with Gasteiger partial charge >= 0.3 is 0 Å². The van der Waals surface area contributed by atoms with E-state index in [0.717, 1.165) is 11.3 Å². The summed E-state index contributed by atoms with van der Waals surface area (Å²) < 4.78 is 1.66. The van der Waals surface area contributed by atoms with Crippen molar-refractivity contribution in [1.29, 1.82) is 0 Å². The zero-order valence-corrected chi connectivity index (χ0v) is 10.7. The summed E-state index contributed by atoms with van der Waals surface area (Å²) in [6, 6.07) is 5.27. The average Bonchev–Trinajstić information content (AvgIpc) is 2.61. The average molecular weight is 244 g/mol. The van der Waals surface area contributed by atoms with Crippen molar-refractivity contribution in [3.63, 3.8) is 0 Å². The summed E-state index contributed by atoms with van der Waals surface area (Å²) in [5.74, 6) is -0.183. The van der Waals surface area contributed by atoms with Gasteiger partial charge in [-0.15, -0.1) is 0 Å². The van der Waals surface area contributed by atoms with Crippen molar-refractivity contribution in [3.8, 4) is 0 Å². The minimum atomic E-state index is -0.183. The normalized spacial score (nSPS) is 10.4. The number of aryl methyl sites for hydroxylation is 3. The van der Waals surface area contributed by atoms with Crippen LogP contribution >= 0.6 is 0 Å². The van der Waals surface area contributed by atoms with Gasteiger partial charge in [0.15, 0.2) is 0 Å². The molecule has 5 heteroatoms. The number of nitrogens with two attached hydrogens (primary N) is 1. The van der Waals surface area contributed by atoms with Crippen molar-refractivity contribution < 1.29 is 4.79 Å². The van der Waals surface area contributed by atoms with Crippen LogP contribution in [0.15, 0.2) is 24.4 Å². The molecule has 2 aromatic rings. The first-order valence-corrected chi connectivity index (χ1v) is 5.65. The van der Waals surface area contributed by atoms with Crippen LogP contribution < -0.4 is 11.1 Å². The lowest BCUT2D eigenvalue weighted by atomic mass is 10.1. The first-order valence-electron chi connectivity index (χ1n) is 5.65. The van der Waals surface area contributed by atoms with Crippen molar-refractivity contribution >= 4 is 17.3 Å². The standard InChI is InChI=1S/C13H16N4O/c1-8-4-5-10(6-11(8)14)13(18)15-12-7-17(3)16-9(12)2/h4-7H,14H2,1-3H3,(H,15,18). The van der Waals surface area contributed by atoms with E-state index in [0.29, 0.717) is 16.9 Å². The molecular formula is C13H16N4O. The Balaban J connectivity index is 2.22. The summed E-state index contributed by atoms with van der Waals surface area (Å²) in [6.07, 6.45) is 1.77. The van der Waals surface area contributed by atoms with Crippen LogP contribution in [-0.4, -0.2) is 15.7 Å². The summed E-state index contributed by atoms with van der Waals surface area (Å²) in [5.41, 5.74) is 9.40. The van der Waals surface area contributed by atoms with E-state index in [-0.39, 0.29) is 5.91 Å². The summed E-state index contributed by atoms with van der Waals surface area (Å²) in [4.78, 5) is 12.0. The number of hydrogen-bond donors (Lipinski definition) is 2. The quantitative estimate of drug-likeness (QED) is 0.792. The highest BCUT2D eigenvalue weighted by atomic mass is 16.1. The van der Waals surface area contributed by atoms with E-state index >= 15 is 0 Å². The number of aromatic nitrogens is 2. The molecule has 0 atom stereocenters. The number of nitrogen functional groups attached to an aromatic ring is 1. The molecule has 1 aromatic heterocycles. The van der Waals surface area contributed by atoms with Gasteiger partial charge in [-0.1, -0.05) is 6.07 Å². The van der Waals surface area contributed by atoms with Crippen molar-refractivity contribution in [1.82, 2.24) is 9.78 Å². The molecule has 94 valence electrons. The molecule has 5 nitrogen and oxygen atoms in total. The molecule has 0 bridgehead atoms. The van der Waals surface area contributed by atoms with Crippen molar-refractivity contribution in [3.05, 3.63) is 41.2 Å². The second kappa shape index (κ2) is 4.52. The number of carbonyl (C=O) groups is 1. The highest BCUT2D eigenvalue weighted by Gasteiger charge is 2.10. The van der Waals surface area contributed by atoms with Crippen molar-refractivity contribution in [2.75, 3.05) is 11.1 Å². The lowest BCUT2D eigenvalue weighted by Gasteiger charge is -2.06. The molecule has 1 heterocycles. The Morgan fingerprint density at radius 2 is 2.11 bits per heavy atom. The van der Waals surface area contributed by atoms with Crippen LogP contribution in [0, 0.1) is 13.8 Å². The van der Waals surface area contributed by atoms with E-state index in [1.165, 1.54) is 0 Å². The van der Waals surface area contributed by atoms with Gasteiger partial charge in [-0.3, -0.25) is 9.48 Å². The molecule has 2 rings (SSSR count). The molecule has 0 radical (unpaired) electrons. The Morgan fingerprint density at radius 3 is 2.67 bits per heavy atom. The molecule has 18 heavy (non-hydrogen) atoms. The second-order valence-electron chi connectivity index (χ2n) is 4.33. The molecular weight excluding hydrogens is 228 g/mol. The van der Waals surface area contributed by atoms with E-state index in [1.807, 2.05) is 27.0 Å². The molecule has 0 aliphatic heterocycles. The zero-order valence-electron chi connectivity index (χ0n) is 10.7. The number of nitrogens with one attached hydrogen (secondary N) is 1. The Hall–Kier alpha value is -2.30. The highest BCUT2D eigenvalue weighted by Crippen LogP contribution is 2.16. The third kappa shape index (κ3) is 2.34. The van der Waals surface area contributed by atoms with Crippen LogP contribution in [0.4, 0.5) is 11.4 Å². The molecule has 0 aliphatic carbocycles. The monoisotopic (exact) mass is 244 g/mol. The smallest absolute Gasteiger partial charge is 0.255 e. The molecule has 1 aromatic carbocycles. The third-order valence-corrected chi connectivity index (χ3v) is 2.80. The van der Waals surface area contributed by atoms with E-state index in [4.69, 9.17) is 5.73 Å². The van der Waals surface area contributed by atoms with Gasteiger partial charge in [0.05, 0.1) is 11.4 Å². The molecule has 0 saturated heterocycles. The molecule has 0 unspecified atom stereocenters. The van der Waals surface area contributed by atoms with Crippen LogP contribution in [0.2, 0.25) is 0 Å². The van der Waals surface area contributed by atoms with Gasteiger partial charge in [-0.25, -0.2) is 0 Å². The predicted octanol–water partition coefficient (Wildman–Crippen LogP) is 1.87. The number of carbonyl (C=O) groups excluding carboxylic acids is 1. The molecule has 3 N–H and O–H groups in total. The second-order valence-corrected chi connectivity index (χ2v) is 4.33. The SMILES string of the molecule is Cc1ccc(C(=O)Nc2cn(C)nc2C)cc1N. The topological polar surface area (TPSA) is 72.9 Å². The minimum absolute atomic E-state index is 0.183. The van der Waals surface area contributed by atoms with Crippen molar-refractivity contribution in [2.45, 2.75) is 13.8 Å². The first kappa shape index (κ1) is 12.2. The Bertz CT molecular complexity index is 601. The summed E-state index contributed by atoms with van der Waals surface area (Å²) in [6.45, 7) is 3.75. The third-order valence-electron chi connectivity index (χ3n) is 2.80. The van der Waals surface area contributed by atoms with Crippen molar-refractivity contribution in [2.24, 2.45) is 7.05 Å². The predicted molar refractivity (Wildman–Crippen MR) is 71.5 cm³/mol. The summed E-state index contributed by atoms with van der Waals surface area (Å²) in [5, 5.41) is 6.98. The lowest BCUT2D eigenvalue weighted by Crippen LogP contribution is -2.12. The maximum Gasteiger partial charge on any atom is 0.255 e. The number of rotatable bonds is 2. The lowest BCUT2D eigenvalue weighted by molar-refractivity contribution is 0.102. The van der Waals surface area contributed by atoms with Crippen LogP contribution in [0.1, 0.15) is 21.6 Å². The summed E-state index contributed by atoms with van der Waals surface area (Å²) in [7, 11) is 1.81. The van der Waals surface area contributed by atoms with Crippen LogP contribution in [0.5, 0.6) is 0 Å². The van der Waals surface area contributed by atoms with Gasteiger partial charge < -0.3 is 11.1 Å². The molecule has 0 saturated carbocycles. The molecule has 0 aliphatic rings. The largest absolute Gasteiger partial charge is 0.398 e. The van der Waals surface area contributed by atoms with E-state index in [2.05, 4.69) is 10.4 Å². The minimum Gasteiger partial charge on any atom is -0.398 e. The number of anilines is 2. The van der Waals surface area contributed by atoms with E-state index in [1.54, 1.807) is 23.0 Å². The Morgan fingerprint density at radius 1 is 1.39 bits per heavy atom. The van der Waals surface area contributed by atoms with Gasteiger partial charge in [0, 0.05) is 24.5 Å². The van der Waals surface area contributed by atoms with Gasteiger partial charge in [0.2, 0.25) is 0 Å². The maximum atomic E-state index is 12.0. The van der Waals surface area contributed by atoms with E-state index in [9.17, 15) is 4.79 Å². The number of amides is 1. The van der Waals surface area contributed by atoms with Gasteiger partial charge in [0.25, 0.3) is 5.91 Å². The van der Waals surface area contributed by atoms with Crippen LogP contribution in [-0.2, 0) is 7.05 Å². The number of nitrogens with zero attached hydrogens (tertiary/aromatic N) is 2. The molecule has 0 spiro atoms. The Kier molecular flexibility index (Phi) is 3.06. The maximum absolute atomic E-state index is 12.0. The summed E-state index contributed by atoms with van der Waals surface area (Å²) >= 11 is 0. The highest BCUT2D eigenvalue weighted by molar-refractivity contribution is 6.05. The molecule has 1 amide bonds. The van der Waals surface area contributed by atoms with Gasteiger partial charge in [0.1, 0.15) is 0 Å². The van der Waals surface area contributed by atoms with Gasteiger partial charge in [-0.05, 0) is 31.5 Å². The van der Waals surface area contributed by atoms with E-state index < -0.39 is 0 Å². The van der Waals surface area contributed by atoms with Crippen LogP contribution in [0.3, 0.4) is 0 Å². The molecule has 0 fully saturated rings. The number of hydrogen-bond acceptors (Lipinski definition) is 3. The Labute approximate surface area is 106 Å². The zero-order chi connectivity index (χ0) is 13.3. The fourth-order valence-corrected chi connectivity index (χ4v) is 1.70. The van der Waals surface area contributed by atoms with Crippen LogP contribution in [0.25, 0.3) is 0 Å².